The van der Waals surface area contributed by atoms with Gasteiger partial charge in [-0.1, -0.05) is 25.1 Å². The van der Waals surface area contributed by atoms with Gasteiger partial charge in [-0.05, 0) is 24.0 Å². The minimum atomic E-state index is -0.00597. The second-order valence-corrected chi connectivity index (χ2v) is 4.29. The number of rotatable bonds is 6. The summed E-state index contributed by atoms with van der Waals surface area (Å²) in [6, 6.07) is 7.55. The molecule has 0 saturated heterocycles. The number of nitrogens with two attached hydrogens (primary N) is 1. The first-order valence-corrected chi connectivity index (χ1v) is 5.84. The van der Waals surface area contributed by atoms with Crippen LogP contribution in [0.4, 0.5) is 5.69 Å². The molecule has 0 aliphatic heterocycles. The van der Waals surface area contributed by atoms with Crippen LogP contribution in [0.25, 0.3) is 0 Å². The van der Waals surface area contributed by atoms with Crippen LogP contribution in [0.15, 0.2) is 24.3 Å². The number of nitrogen functional groups attached to an aromatic ring is 1. The number of aliphatic hydroxyl groups is 1. The zero-order valence-electron chi connectivity index (χ0n) is 10.1. The lowest BCUT2D eigenvalue weighted by molar-refractivity contribution is -0.121. The number of para-hydroxylation sites is 1. The number of hydrogen-bond donors (Lipinski definition) is 3. The minimum Gasteiger partial charge on any atom is -0.399 e. The van der Waals surface area contributed by atoms with Gasteiger partial charge in [-0.25, -0.2) is 0 Å². The highest BCUT2D eigenvalue weighted by Crippen LogP contribution is 2.12. The van der Waals surface area contributed by atoms with Crippen molar-refractivity contribution in [3.63, 3.8) is 0 Å². The molecule has 1 amide bonds. The Kier molecular flexibility index (Phi) is 5.49. The van der Waals surface area contributed by atoms with Crippen molar-refractivity contribution in [2.75, 3.05) is 18.9 Å². The van der Waals surface area contributed by atoms with E-state index in [2.05, 4.69) is 5.32 Å². The summed E-state index contributed by atoms with van der Waals surface area (Å²) >= 11 is 0. The van der Waals surface area contributed by atoms with Crippen LogP contribution in [-0.2, 0) is 11.2 Å². The van der Waals surface area contributed by atoms with Gasteiger partial charge in [0.05, 0.1) is 0 Å². The van der Waals surface area contributed by atoms with Crippen molar-refractivity contribution in [3.8, 4) is 0 Å². The summed E-state index contributed by atoms with van der Waals surface area (Å²) in [6.45, 7) is 2.49. The van der Waals surface area contributed by atoms with Gasteiger partial charge in [-0.15, -0.1) is 0 Å². The molecule has 0 aliphatic rings. The van der Waals surface area contributed by atoms with E-state index in [1.54, 1.807) is 0 Å². The smallest absolute Gasteiger partial charge is 0.220 e. The third-order valence-electron chi connectivity index (χ3n) is 2.64. The minimum absolute atomic E-state index is 0.00597. The van der Waals surface area contributed by atoms with Crippen LogP contribution in [-0.4, -0.2) is 24.2 Å². The van der Waals surface area contributed by atoms with Crippen LogP contribution in [0.2, 0.25) is 0 Å². The average Bonchev–Trinajstić information content (AvgIpc) is 2.35. The van der Waals surface area contributed by atoms with E-state index in [9.17, 15) is 4.79 Å². The second kappa shape index (κ2) is 6.91. The molecule has 1 aromatic carbocycles. The maximum atomic E-state index is 11.5. The molecule has 0 radical (unpaired) electrons. The van der Waals surface area contributed by atoms with E-state index in [0.717, 1.165) is 11.3 Å². The van der Waals surface area contributed by atoms with Gasteiger partial charge < -0.3 is 16.2 Å². The molecule has 0 bridgehead atoms. The highest BCUT2D eigenvalue weighted by atomic mass is 16.3. The van der Waals surface area contributed by atoms with Gasteiger partial charge in [0.1, 0.15) is 0 Å². The van der Waals surface area contributed by atoms with Gasteiger partial charge in [-0.3, -0.25) is 4.79 Å². The Morgan fingerprint density at radius 2 is 2.18 bits per heavy atom. The number of anilines is 1. The Hall–Kier alpha value is -1.55. The fraction of sp³-hybridized carbons (Fsp3) is 0.462. The predicted molar refractivity (Wildman–Crippen MR) is 68.4 cm³/mol. The predicted octanol–water partition coefficient (Wildman–Crippen LogP) is 0.946. The molecule has 1 aromatic rings. The summed E-state index contributed by atoms with van der Waals surface area (Å²) in [5.41, 5.74) is 7.51. The molecule has 0 aromatic heterocycles. The van der Waals surface area contributed by atoms with E-state index in [4.69, 9.17) is 10.8 Å². The Balaban J connectivity index is 2.31. The van der Waals surface area contributed by atoms with Crippen LogP contribution < -0.4 is 11.1 Å². The number of aliphatic hydroxyl groups excluding tert-OH is 1. The summed E-state index contributed by atoms with van der Waals surface area (Å²) in [5.74, 6) is 0.0919. The zero-order chi connectivity index (χ0) is 12.7. The molecule has 1 atom stereocenters. The number of nitrogens with one attached hydrogen (secondary N) is 1. The van der Waals surface area contributed by atoms with E-state index in [1.807, 2.05) is 31.2 Å². The highest BCUT2D eigenvalue weighted by Gasteiger charge is 2.06. The van der Waals surface area contributed by atoms with E-state index in [-0.39, 0.29) is 18.4 Å². The number of aryl methyl sites for hydroxylation is 1. The number of hydrogen-bond acceptors (Lipinski definition) is 3. The Morgan fingerprint density at radius 1 is 1.47 bits per heavy atom. The zero-order valence-corrected chi connectivity index (χ0v) is 10.1. The molecular weight excluding hydrogens is 216 g/mol. The van der Waals surface area contributed by atoms with Crippen molar-refractivity contribution in [3.05, 3.63) is 29.8 Å². The molecular formula is C13H20N2O2. The highest BCUT2D eigenvalue weighted by molar-refractivity contribution is 5.76. The second-order valence-electron chi connectivity index (χ2n) is 4.29. The largest absolute Gasteiger partial charge is 0.399 e. The van der Waals surface area contributed by atoms with Crippen molar-refractivity contribution < 1.29 is 9.90 Å². The topological polar surface area (TPSA) is 75.3 Å². The quantitative estimate of drug-likeness (QED) is 0.644. The number of carbonyl (C=O) groups is 1. The standard InChI is InChI=1S/C13H20N2O2/c1-10(9-16)8-15-13(17)7-6-11-4-2-3-5-12(11)14/h2-5,10,16H,6-9,14H2,1H3,(H,15,17). The first-order valence-electron chi connectivity index (χ1n) is 5.84. The summed E-state index contributed by atoms with van der Waals surface area (Å²) in [7, 11) is 0. The van der Waals surface area contributed by atoms with Gasteiger partial charge in [0.25, 0.3) is 0 Å². The number of amides is 1. The molecule has 17 heavy (non-hydrogen) atoms. The number of benzene rings is 1. The molecule has 0 saturated carbocycles. The first kappa shape index (κ1) is 13.5. The Bertz CT molecular complexity index is 366. The lowest BCUT2D eigenvalue weighted by Gasteiger charge is -2.10. The molecule has 94 valence electrons. The molecule has 0 aliphatic carbocycles. The van der Waals surface area contributed by atoms with E-state index in [1.165, 1.54) is 0 Å². The maximum absolute atomic E-state index is 11.5. The Labute approximate surface area is 102 Å². The first-order chi connectivity index (χ1) is 8.13. The molecule has 4 nitrogen and oxygen atoms in total. The maximum Gasteiger partial charge on any atom is 0.220 e. The lowest BCUT2D eigenvalue weighted by Crippen LogP contribution is -2.29. The van der Waals surface area contributed by atoms with Crippen molar-refractivity contribution >= 4 is 11.6 Å². The fourth-order valence-electron chi connectivity index (χ4n) is 1.45. The molecule has 0 spiro atoms. The van der Waals surface area contributed by atoms with Crippen LogP contribution >= 0.6 is 0 Å². The monoisotopic (exact) mass is 236 g/mol. The van der Waals surface area contributed by atoms with Crippen LogP contribution in [0.1, 0.15) is 18.9 Å². The molecule has 0 heterocycles. The summed E-state index contributed by atoms with van der Waals surface area (Å²) in [6.07, 6.45) is 1.07. The van der Waals surface area contributed by atoms with Gasteiger partial charge in [0.15, 0.2) is 0 Å². The van der Waals surface area contributed by atoms with Crippen LogP contribution in [0.3, 0.4) is 0 Å². The third-order valence-corrected chi connectivity index (χ3v) is 2.64. The summed E-state index contributed by atoms with van der Waals surface area (Å²) in [5, 5.41) is 11.6. The van der Waals surface area contributed by atoms with Crippen molar-refractivity contribution in [2.45, 2.75) is 19.8 Å². The SMILES string of the molecule is CC(CO)CNC(=O)CCc1ccccc1N. The van der Waals surface area contributed by atoms with Crippen molar-refractivity contribution in [2.24, 2.45) is 5.92 Å². The van der Waals surface area contributed by atoms with Crippen molar-refractivity contribution in [1.82, 2.24) is 5.32 Å². The number of carbonyl (C=O) groups excluding carboxylic acids is 1. The lowest BCUT2D eigenvalue weighted by atomic mass is 10.1. The average molecular weight is 236 g/mol. The molecule has 1 rings (SSSR count). The van der Waals surface area contributed by atoms with Gasteiger partial charge in [0, 0.05) is 25.3 Å². The summed E-state index contributed by atoms with van der Waals surface area (Å²) < 4.78 is 0. The molecule has 4 heteroatoms. The normalized spacial score (nSPS) is 12.1. The molecule has 1 unspecified atom stereocenters. The van der Waals surface area contributed by atoms with Gasteiger partial charge >= 0.3 is 0 Å². The third kappa shape index (κ3) is 4.87. The molecule has 4 N–H and O–H groups in total. The van der Waals surface area contributed by atoms with E-state index in [0.29, 0.717) is 19.4 Å². The van der Waals surface area contributed by atoms with E-state index >= 15 is 0 Å². The fourth-order valence-corrected chi connectivity index (χ4v) is 1.45. The van der Waals surface area contributed by atoms with E-state index < -0.39 is 0 Å². The Morgan fingerprint density at radius 3 is 2.82 bits per heavy atom. The van der Waals surface area contributed by atoms with Crippen LogP contribution in [0, 0.1) is 5.92 Å². The van der Waals surface area contributed by atoms with Gasteiger partial charge in [0.2, 0.25) is 5.91 Å². The van der Waals surface area contributed by atoms with Gasteiger partial charge in [-0.2, -0.15) is 0 Å². The molecule has 0 fully saturated rings. The van der Waals surface area contributed by atoms with Crippen molar-refractivity contribution in [1.29, 1.82) is 0 Å². The van der Waals surface area contributed by atoms with Crippen LogP contribution in [0.5, 0.6) is 0 Å². The summed E-state index contributed by atoms with van der Waals surface area (Å²) in [4.78, 5) is 11.5.